The van der Waals surface area contributed by atoms with Crippen LogP contribution in [0.25, 0.3) is 0 Å². The molecular formula is C31H30Br2F2N4O7. The highest BCUT2D eigenvalue weighted by molar-refractivity contribution is 9.10. The first kappa shape index (κ1) is 35.7. The van der Waals surface area contributed by atoms with Crippen molar-refractivity contribution in [1.82, 2.24) is 0 Å². The van der Waals surface area contributed by atoms with Crippen molar-refractivity contribution < 1.29 is 42.8 Å². The summed E-state index contributed by atoms with van der Waals surface area (Å²) >= 11 is 6.19. The standard InChI is InChI=1S/C16H16BrFN2O5.C15H14BrFN2O2/c1-23-12-6-9(7-13(24-2)15(12)25-3)19-16(22)20-11-5-8(17)4-10(18)14(11)21;1-8-4-3-5-9(2)13(8)19-15(21)18-12-7-10(16)6-11(17)14(12)20/h4-7,21H,1-3H3,(H2,19,20,22);3-7,20H,1-2H3,(H2,18,19,21). The molecule has 11 nitrogen and oxygen atoms in total. The first-order valence-electron chi connectivity index (χ1n) is 13.2. The molecule has 0 aliphatic rings. The molecule has 4 aromatic rings. The van der Waals surface area contributed by atoms with Crippen LogP contribution in [0.3, 0.4) is 0 Å². The van der Waals surface area contributed by atoms with Crippen LogP contribution in [0, 0.1) is 25.5 Å². The number of methoxy groups -OCH3 is 3. The zero-order valence-corrected chi connectivity index (χ0v) is 28.3. The summed E-state index contributed by atoms with van der Waals surface area (Å²) in [7, 11) is 4.36. The van der Waals surface area contributed by atoms with Crippen molar-refractivity contribution >= 4 is 66.7 Å². The number of ether oxygens (including phenoxy) is 3. The van der Waals surface area contributed by atoms with E-state index in [1.165, 1.54) is 45.6 Å². The lowest BCUT2D eigenvalue weighted by Gasteiger charge is -2.15. The number of phenolic OH excluding ortho intramolecular Hbond substituents is 2. The Morgan fingerprint density at radius 3 is 1.52 bits per heavy atom. The number of benzene rings is 4. The van der Waals surface area contributed by atoms with Gasteiger partial charge in [-0.05, 0) is 49.2 Å². The zero-order chi connectivity index (χ0) is 34.1. The molecule has 0 spiro atoms. The lowest BCUT2D eigenvalue weighted by Crippen LogP contribution is -2.20. The number of rotatable bonds is 7. The van der Waals surface area contributed by atoms with Gasteiger partial charge < -0.3 is 45.7 Å². The van der Waals surface area contributed by atoms with Crippen LogP contribution < -0.4 is 35.5 Å². The summed E-state index contributed by atoms with van der Waals surface area (Å²) in [5.41, 5.74) is 2.76. The second-order valence-electron chi connectivity index (χ2n) is 9.41. The SMILES string of the molecule is COc1cc(NC(=O)Nc2cc(Br)cc(F)c2O)cc(OC)c1OC.Cc1cccc(C)c1NC(=O)Nc1cc(Br)cc(F)c1O. The van der Waals surface area contributed by atoms with Crippen molar-refractivity contribution in [2.24, 2.45) is 0 Å². The van der Waals surface area contributed by atoms with E-state index in [0.717, 1.165) is 23.3 Å². The molecule has 0 atom stereocenters. The zero-order valence-electron chi connectivity index (χ0n) is 25.1. The second kappa shape index (κ2) is 16.0. The average Bonchev–Trinajstić information content (AvgIpc) is 2.99. The minimum atomic E-state index is -0.863. The van der Waals surface area contributed by atoms with Gasteiger partial charge in [-0.15, -0.1) is 0 Å². The lowest BCUT2D eigenvalue weighted by molar-refractivity contribution is 0.261. The Hall–Kier alpha value is -4.76. The van der Waals surface area contributed by atoms with Crippen LogP contribution >= 0.6 is 31.9 Å². The molecule has 4 aromatic carbocycles. The first-order chi connectivity index (χ1) is 21.8. The predicted molar refractivity (Wildman–Crippen MR) is 179 cm³/mol. The van der Waals surface area contributed by atoms with Crippen molar-refractivity contribution in [2.75, 3.05) is 42.6 Å². The molecule has 0 unspecified atom stereocenters. The normalized spacial score (nSPS) is 10.2. The van der Waals surface area contributed by atoms with Crippen molar-refractivity contribution in [1.29, 1.82) is 0 Å². The average molecular weight is 768 g/mol. The molecule has 0 aliphatic carbocycles. The quantitative estimate of drug-likeness (QED) is 0.103. The van der Waals surface area contributed by atoms with Crippen LogP contribution in [0.4, 0.5) is 41.1 Å². The maximum absolute atomic E-state index is 13.5. The molecule has 0 radical (unpaired) electrons. The summed E-state index contributed by atoms with van der Waals surface area (Å²) in [5, 5.41) is 29.3. The van der Waals surface area contributed by atoms with Crippen LogP contribution in [0.15, 0.2) is 63.5 Å². The number of para-hydroxylation sites is 1. The van der Waals surface area contributed by atoms with E-state index in [1.807, 2.05) is 32.0 Å². The third-order valence-electron chi connectivity index (χ3n) is 6.20. The Kier molecular flexibility index (Phi) is 12.4. The summed E-state index contributed by atoms with van der Waals surface area (Å²) in [6, 6.07) is 12.4. The maximum Gasteiger partial charge on any atom is 0.323 e. The number of anilines is 4. The smallest absolute Gasteiger partial charge is 0.323 e. The molecule has 0 fully saturated rings. The van der Waals surface area contributed by atoms with Gasteiger partial charge in [-0.2, -0.15) is 0 Å². The van der Waals surface area contributed by atoms with Gasteiger partial charge in [-0.25, -0.2) is 18.4 Å². The molecule has 4 rings (SSSR count). The van der Waals surface area contributed by atoms with Crippen LogP contribution in [-0.2, 0) is 0 Å². The minimum absolute atomic E-state index is 0.00869. The Bertz CT molecular complexity index is 1710. The number of amides is 4. The summed E-state index contributed by atoms with van der Waals surface area (Å²) in [6.07, 6.45) is 0. The highest BCUT2D eigenvalue weighted by atomic mass is 79.9. The fraction of sp³-hybridized carbons (Fsp3) is 0.161. The fourth-order valence-corrected chi connectivity index (χ4v) is 4.90. The van der Waals surface area contributed by atoms with Gasteiger partial charge in [-0.3, -0.25) is 0 Å². The summed E-state index contributed by atoms with van der Waals surface area (Å²) in [5.74, 6) is -1.85. The highest BCUT2D eigenvalue weighted by Gasteiger charge is 2.17. The van der Waals surface area contributed by atoms with Crippen LogP contribution in [0.2, 0.25) is 0 Å². The molecule has 6 N–H and O–H groups in total. The molecule has 0 saturated heterocycles. The van der Waals surface area contributed by atoms with Crippen LogP contribution in [-0.4, -0.2) is 43.6 Å². The molecule has 244 valence electrons. The Labute approximate surface area is 280 Å². The van der Waals surface area contributed by atoms with Gasteiger partial charge in [0.2, 0.25) is 5.75 Å². The van der Waals surface area contributed by atoms with E-state index in [-0.39, 0.29) is 11.4 Å². The van der Waals surface area contributed by atoms with E-state index in [4.69, 9.17) is 14.2 Å². The molecule has 0 aromatic heterocycles. The molecule has 46 heavy (non-hydrogen) atoms. The monoisotopic (exact) mass is 766 g/mol. The molecular weight excluding hydrogens is 738 g/mol. The first-order valence-corrected chi connectivity index (χ1v) is 14.7. The number of hydrogen-bond donors (Lipinski definition) is 6. The molecule has 0 aliphatic heterocycles. The van der Waals surface area contributed by atoms with Crippen molar-refractivity contribution in [3.63, 3.8) is 0 Å². The van der Waals surface area contributed by atoms with Gasteiger partial charge in [0.1, 0.15) is 0 Å². The van der Waals surface area contributed by atoms with E-state index in [2.05, 4.69) is 53.1 Å². The van der Waals surface area contributed by atoms with E-state index < -0.39 is 35.2 Å². The summed E-state index contributed by atoms with van der Waals surface area (Å²) in [6.45, 7) is 3.75. The number of hydrogen-bond acceptors (Lipinski definition) is 7. The van der Waals surface area contributed by atoms with E-state index in [9.17, 15) is 28.6 Å². The number of carbonyl (C=O) groups is 2. The number of urea groups is 2. The van der Waals surface area contributed by atoms with E-state index in [0.29, 0.717) is 37.6 Å². The largest absolute Gasteiger partial charge is 0.503 e. The van der Waals surface area contributed by atoms with Gasteiger partial charge in [-0.1, -0.05) is 50.1 Å². The van der Waals surface area contributed by atoms with Gasteiger partial charge in [0.05, 0.1) is 38.4 Å². The highest BCUT2D eigenvalue weighted by Crippen LogP contribution is 2.40. The number of aryl methyl sites for hydroxylation is 2. The third-order valence-corrected chi connectivity index (χ3v) is 7.11. The topological polar surface area (TPSA) is 150 Å². The van der Waals surface area contributed by atoms with Gasteiger partial charge in [0.15, 0.2) is 34.6 Å². The van der Waals surface area contributed by atoms with Crippen LogP contribution in [0.5, 0.6) is 28.7 Å². The summed E-state index contributed by atoms with van der Waals surface area (Å²) < 4.78 is 43.3. The number of halogens is 4. The number of nitrogens with one attached hydrogen (secondary N) is 4. The molecule has 0 saturated carbocycles. The van der Waals surface area contributed by atoms with Crippen molar-refractivity contribution in [3.8, 4) is 28.7 Å². The molecule has 15 heteroatoms. The van der Waals surface area contributed by atoms with Gasteiger partial charge >= 0.3 is 12.1 Å². The van der Waals surface area contributed by atoms with Gasteiger partial charge in [0, 0.05) is 26.8 Å². The lowest BCUT2D eigenvalue weighted by atomic mass is 10.1. The Morgan fingerprint density at radius 2 is 1.11 bits per heavy atom. The number of phenols is 2. The third kappa shape index (κ3) is 9.14. The predicted octanol–water partition coefficient (Wildman–Crippen LogP) is 8.52. The molecule has 4 amide bonds. The number of carbonyl (C=O) groups excluding carboxylic acids is 2. The fourth-order valence-electron chi connectivity index (χ4n) is 4.04. The van der Waals surface area contributed by atoms with Crippen molar-refractivity contribution in [2.45, 2.75) is 13.8 Å². The molecule has 0 heterocycles. The van der Waals surface area contributed by atoms with Crippen LogP contribution in [0.1, 0.15) is 11.1 Å². The number of aromatic hydroxyl groups is 2. The van der Waals surface area contributed by atoms with Crippen molar-refractivity contribution in [3.05, 3.63) is 86.3 Å². The Morgan fingerprint density at radius 1 is 0.674 bits per heavy atom. The van der Waals surface area contributed by atoms with Gasteiger partial charge in [0.25, 0.3) is 0 Å². The van der Waals surface area contributed by atoms with E-state index >= 15 is 0 Å². The minimum Gasteiger partial charge on any atom is -0.503 e. The summed E-state index contributed by atoms with van der Waals surface area (Å²) in [4.78, 5) is 24.1. The molecule has 0 bridgehead atoms. The maximum atomic E-state index is 13.5. The second-order valence-corrected chi connectivity index (χ2v) is 11.2. The van der Waals surface area contributed by atoms with E-state index in [1.54, 1.807) is 0 Å². The Balaban J connectivity index is 0.000000254.